The molecule has 1 atom stereocenters. The molecule has 0 saturated carbocycles. The van der Waals surface area contributed by atoms with Crippen molar-refractivity contribution < 1.29 is 9.59 Å². The smallest absolute Gasteiger partial charge is 0.245 e. The average Bonchev–Trinajstić information content (AvgIpc) is 3.26. The molecule has 29 heavy (non-hydrogen) atoms. The minimum atomic E-state index is -0.162. The number of nitrogens with one attached hydrogen (secondary N) is 1. The van der Waals surface area contributed by atoms with E-state index in [4.69, 9.17) is 0 Å². The van der Waals surface area contributed by atoms with Crippen molar-refractivity contribution in [2.45, 2.75) is 38.1 Å². The molecule has 2 aliphatic heterocycles. The molecule has 2 saturated heterocycles. The van der Waals surface area contributed by atoms with Gasteiger partial charge < -0.3 is 15.1 Å². The van der Waals surface area contributed by atoms with Crippen LogP contribution in [0.2, 0.25) is 0 Å². The van der Waals surface area contributed by atoms with Gasteiger partial charge in [0.15, 0.2) is 0 Å². The van der Waals surface area contributed by atoms with Gasteiger partial charge in [-0.15, -0.1) is 0 Å². The van der Waals surface area contributed by atoms with Crippen LogP contribution >= 0.6 is 0 Å². The van der Waals surface area contributed by atoms with E-state index in [1.807, 2.05) is 41.9 Å². The summed E-state index contributed by atoms with van der Waals surface area (Å²) in [5, 5.41) is 7.54. The first-order valence-electron chi connectivity index (χ1n) is 10.4. The number of anilines is 1. The summed E-state index contributed by atoms with van der Waals surface area (Å²) in [5.41, 5.74) is 2.10. The molecule has 0 spiro atoms. The molecule has 1 N–H and O–H groups in total. The SMILES string of the molecule is Cc1cnn(C2CCN(C)CC2)c1NC(=O)CN1CC(c2ccccc2)CC1=O. The van der Waals surface area contributed by atoms with Gasteiger partial charge >= 0.3 is 0 Å². The zero-order chi connectivity index (χ0) is 20.4. The van der Waals surface area contributed by atoms with Crippen LogP contribution in [0.3, 0.4) is 0 Å². The number of amides is 2. The lowest BCUT2D eigenvalue weighted by Crippen LogP contribution is -2.36. The summed E-state index contributed by atoms with van der Waals surface area (Å²) < 4.78 is 1.96. The van der Waals surface area contributed by atoms with Crippen LogP contribution in [0.25, 0.3) is 0 Å². The van der Waals surface area contributed by atoms with Crippen LogP contribution in [0.15, 0.2) is 36.5 Å². The first kappa shape index (κ1) is 19.6. The maximum absolute atomic E-state index is 12.7. The highest BCUT2D eigenvalue weighted by atomic mass is 16.2. The molecule has 0 radical (unpaired) electrons. The second kappa shape index (κ2) is 8.37. The fraction of sp³-hybridized carbons (Fsp3) is 0.500. The molecule has 2 fully saturated rings. The Morgan fingerprint density at radius 2 is 1.93 bits per heavy atom. The summed E-state index contributed by atoms with van der Waals surface area (Å²) in [5.74, 6) is 0.790. The molecule has 4 rings (SSSR count). The fourth-order valence-corrected chi connectivity index (χ4v) is 4.34. The van der Waals surface area contributed by atoms with Gasteiger partial charge in [0, 0.05) is 24.4 Å². The van der Waals surface area contributed by atoms with E-state index >= 15 is 0 Å². The number of piperidine rings is 1. The van der Waals surface area contributed by atoms with E-state index in [2.05, 4.69) is 22.4 Å². The minimum Gasteiger partial charge on any atom is -0.333 e. The summed E-state index contributed by atoms with van der Waals surface area (Å²) in [6, 6.07) is 10.3. The Kier molecular flexibility index (Phi) is 5.67. The quantitative estimate of drug-likeness (QED) is 0.844. The van der Waals surface area contributed by atoms with Crippen molar-refractivity contribution in [1.29, 1.82) is 0 Å². The number of hydrogen-bond acceptors (Lipinski definition) is 4. The molecule has 1 unspecified atom stereocenters. The normalized spacial score (nSPS) is 21.0. The van der Waals surface area contributed by atoms with E-state index in [-0.39, 0.29) is 24.3 Å². The summed E-state index contributed by atoms with van der Waals surface area (Å²) in [7, 11) is 2.13. The highest BCUT2D eigenvalue weighted by Gasteiger charge is 2.32. The van der Waals surface area contributed by atoms with Crippen LogP contribution in [0, 0.1) is 6.92 Å². The first-order chi connectivity index (χ1) is 14.0. The summed E-state index contributed by atoms with van der Waals surface area (Å²) in [6.07, 6.45) is 4.30. The summed E-state index contributed by atoms with van der Waals surface area (Å²) >= 11 is 0. The number of aryl methyl sites for hydroxylation is 1. The Morgan fingerprint density at radius 1 is 1.21 bits per heavy atom. The second-order valence-electron chi connectivity index (χ2n) is 8.29. The van der Waals surface area contributed by atoms with Crippen LogP contribution in [0.5, 0.6) is 0 Å². The zero-order valence-electron chi connectivity index (χ0n) is 17.2. The van der Waals surface area contributed by atoms with E-state index in [9.17, 15) is 9.59 Å². The zero-order valence-corrected chi connectivity index (χ0v) is 17.2. The van der Waals surface area contributed by atoms with Crippen LogP contribution in [0.1, 0.15) is 42.3 Å². The van der Waals surface area contributed by atoms with Crippen molar-refractivity contribution in [3.63, 3.8) is 0 Å². The molecule has 154 valence electrons. The Bertz CT molecular complexity index is 871. The van der Waals surface area contributed by atoms with E-state index in [0.29, 0.717) is 19.0 Å². The molecular weight excluding hydrogens is 366 g/mol. The van der Waals surface area contributed by atoms with Gasteiger partial charge in [0.1, 0.15) is 5.82 Å². The number of carbonyl (C=O) groups is 2. The van der Waals surface area contributed by atoms with E-state index in [1.54, 1.807) is 11.1 Å². The number of aromatic nitrogens is 2. The lowest BCUT2D eigenvalue weighted by molar-refractivity contribution is -0.131. The number of hydrogen-bond donors (Lipinski definition) is 1. The Balaban J connectivity index is 1.39. The number of nitrogens with zero attached hydrogens (tertiary/aromatic N) is 4. The molecular formula is C22H29N5O2. The van der Waals surface area contributed by atoms with E-state index in [1.165, 1.54) is 0 Å². The van der Waals surface area contributed by atoms with Crippen molar-refractivity contribution in [3.05, 3.63) is 47.7 Å². The molecule has 1 aromatic heterocycles. The minimum absolute atomic E-state index is 0.0366. The van der Waals surface area contributed by atoms with Crippen LogP contribution in [0.4, 0.5) is 5.82 Å². The Labute approximate surface area is 171 Å². The number of carbonyl (C=O) groups excluding carboxylic acids is 2. The van der Waals surface area contributed by atoms with Crippen LogP contribution in [-0.2, 0) is 9.59 Å². The highest BCUT2D eigenvalue weighted by molar-refractivity contribution is 5.95. The molecule has 1 aromatic carbocycles. The van der Waals surface area contributed by atoms with E-state index < -0.39 is 0 Å². The predicted molar refractivity (Wildman–Crippen MR) is 112 cm³/mol. The summed E-state index contributed by atoms with van der Waals surface area (Å²) in [6.45, 7) is 4.68. The Morgan fingerprint density at radius 3 is 2.66 bits per heavy atom. The molecule has 2 aliphatic rings. The van der Waals surface area contributed by atoms with Crippen molar-refractivity contribution >= 4 is 17.6 Å². The molecule has 3 heterocycles. The van der Waals surface area contributed by atoms with Gasteiger partial charge in [-0.1, -0.05) is 30.3 Å². The predicted octanol–water partition coefficient (Wildman–Crippen LogP) is 2.41. The second-order valence-corrected chi connectivity index (χ2v) is 8.29. The number of benzene rings is 1. The van der Waals surface area contributed by atoms with Gasteiger partial charge in [0.2, 0.25) is 11.8 Å². The molecule has 7 heteroatoms. The van der Waals surface area contributed by atoms with Gasteiger partial charge in [0.25, 0.3) is 0 Å². The first-order valence-corrected chi connectivity index (χ1v) is 10.4. The summed E-state index contributed by atoms with van der Waals surface area (Å²) in [4.78, 5) is 29.1. The topological polar surface area (TPSA) is 70.5 Å². The van der Waals surface area contributed by atoms with Gasteiger partial charge in [0.05, 0.1) is 18.8 Å². The van der Waals surface area contributed by atoms with Crippen molar-refractivity contribution in [1.82, 2.24) is 19.6 Å². The van der Waals surface area contributed by atoms with Crippen LogP contribution in [-0.4, -0.2) is 64.6 Å². The molecule has 2 aromatic rings. The maximum Gasteiger partial charge on any atom is 0.245 e. The largest absolute Gasteiger partial charge is 0.333 e. The molecule has 0 aliphatic carbocycles. The van der Waals surface area contributed by atoms with E-state index in [0.717, 1.165) is 42.9 Å². The highest BCUT2D eigenvalue weighted by Crippen LogP contribution is 2.29. The fourth-order valence-electron chi connectivity index (χ4n) is 4.34. The third-order valence-corrected chi connectivity index (χ3v) is 6.09. The average molecular weight is 396 g/mol. The number of rotatable bonds is 5. The van der Waals surface area contributed by atoms with Gasteiger partial charge in [-0.25, -0.2) is 4.68 Å². The Hall–Kier alpha value is -2.67. The molecule has 7 nitrogen and oxygen atoms in total. The van der Waals surface area contributed by atoms with Crippen LogP contribution < -0.4 is 5.32 Å². The van der Waals surface area contributed by atoms with Gasteiger partial charge in [-0.3, -0.25) is 9.59 Å². The standard InChI is InChI=1S/C22H29N5O2/c1-16-13-23-27(19-8-10-25(2)11-9-19)22(16)24-20(28)15-26-14-18(12-21(26)29)17-6-4-3-5-7-17/h3-7,13,18-19H,8-12,14-15H2,1-2H3,(H,24,28). The molecule has 0 bridgehead atoms. The lowest BCUT2D eigenvalue weighted by Gasteiger charge is -2.30. The van der Waals surface area contributed by atoms with Crippen molar-refractivity contribution in [3.8, 4) is 0 Å². The molecule has 2 amide bonds. The van der Waals surface area contributed by atoms with Gasteiger partial charge in [-0.05, 0) is 45.5 Å². The third-order valence-electron chi connectivity index (χ3n) is 6.09. The number of likely N-dealkylation sites (tertiary alicyclic amines) is 2. The van der Waals surface area contributed by atoms with Crippen molar-refractivity contribution in [2.24, 2.45) is 0 Å². The maximum atomic E-state index is 12.7. The van der Waals surface area contributed by atoms with Gasteiger partial charge in [-0.2, -0.15) is 5.10 Å². The monoisotopic (exact) mass is 395 g/mol. The lowest BCUT2D eigenvalue weighted by atomic mass is 9.99. The third kappa shape index (κ3) is 4.34. The van der Waals surface area contributed by atoms with Crippen molar-refractivity contribution in [2.75, 3.05) is 38.5 Å².